The van der Waals surface area contributed by atoms with Gasteiger partial charge in [0, 0.05) is 0 Å². The van der Waals surface area contributed by atoms with Gasteiger partial charge in [-0.15, -0.1) is 6.58 Å². The average molecular weight is 184 g/mol. The lowest BCUT2D eigenvalue weighted by molar-refractivity contribution is -0.145. The van der Waals surface area contributed by atoms with Crippen LogP contribution in [-0.4, -0.2) is 12.6 Å². The van der Waals surface area contributed by atoms with E-state index in [-0.39, 0.29) is 11.4 Å². The van der Waals surface area contributed by atoms with Gasteiger partial charge < -0.3 is 4.74 Å². The summed E-state index contributed by atoms with van der Waals surface area (Å²) in [4.78, 5) is 11.3. The largest absolute Gasteiger partial charge is 0.466 e. The zero-order chi connectivity index (χ0) is 10.3. The van der Waals surface area contributed by atoms with Gasteiger partial charge in [-0.1, -0.05) is 19.9 Å². The van der Waals surface area contributed by atoms with Crippen molar-refractivity contribution < 1.29 is 9.53 Å². The molecule has 0 aliphatic rings. The minimum absolute atomic E-state index is 0.0632. The lowest BCUT2D eigenvalue weighted by Crippen LogP contribution is -2.21. The van der Waals surface area contributed by atoms with E-state index in [9.17, 15) is 4.79 Å². The maximum Gasteiger partial charge on any atom is 0.306 e. The van der Waals surface area contributed by atoms with Crippen LogP contribution in [0.15, 0.2) is 12.7 Å². The number of carbonyl (C=O) groups excluding carboxylic acids is 1. The molecule has 0 aliphatic carbocycles. The third kappa shape index (κ3) is 3.62. The molecule has 0 aromatic rings. The van der Waals surface area contributed by atoms with Gasteiger partial charge in [0.15, 0.2) is 0 Å². The van der Waals surface area contributed by atoms with Crippen LogP contribution in [-0.2, 0) is 9.53 Å². The number of rotatable bonds is 6. The van der Waals surface area contributed by atoms with Gasteiger partial charge in [0.25, 0.3) is 0 Å². The Bertz CT molecular complexity index is 169. The highest BCUT2D eigenvalue weighted by Crippen LogP contribution is 2.31. The molecule has 0 radical (unpaired) electrons. The van der Waals surface area contributed by atoms with Gasteiger partial charge in [-0.2, -0.15) is 0 Å². The van der Waals surface area contributed by atoms with Crippen molar-refractivity contribution in [1.82, 2.24) is 0 Å². The first-order chi connectivity index (χ1) is 6.14. The van der Waals surface area contributed by atoms with E-state index in [2.05, 4.69) is 20.4 Å². The molecule has 2 heteroatoms. The summed E-state index contributed by atoms with van der Waals surface area (Å²) in [7, 11) is 0. The fourth-order valence-electron chi connectivity index (χ4n) is 1.36. The van der Waals surface area contributed by atoms with Crippen LogP contribution < -0.4 is 0 Å². The van der Waals surface area contributed by atoms with Gasteiger partial charge in [0.2, 0.25) is 0 Å². The van der Waals surface area contributed by atoms with E-state index in [1.165, 1.54) is 0 Å². The number of hydrogen-bond acceptors (Lipinski definition) is 2. The van der Waals surface area contributed by atoms with Crippen LogP contribution in [0.1, 0.15) is 40.0 Å². The molecule has 76 valence electrons. The highest BCUT2D eigenvalue weighted by atomic mass is 16.5. The van der Waals surface area contributed by atoms with E-state index >= 15 is 0 Å². The van der Waals surface area contributed by atoms with Gasteiger partial charge in [-0.3, -0.25) is 4.79 Å². The van der Waals surface area contributed by atoms with Crippen LogP contribution in [0.25, 0.3) is 0 Å². The third-order valence-electron chi connectivity index (χ3n) is 2.64. The Labute approximate surface area is 81.0 Å². The predicted molar refractivity (Wildman–Crippen MR) is 54.5 cm³/mol. The van der Waals surface area contributed by atoms with Crippen molar-refractivity contribution in [3.63, 3.8) is 0 Å². The first-order valence-corrected chi connectivity index (χ1v) is 4.93. The van der Waals surface area contributed by atoms with E-state index in [0.29, 0.717) is 13.0 Å². The molecule has 0 saturated heterocycles. The molecule has 0 saturated carbocycles. The van der Waals surface area contributed by atoms with Crippen molar-refractivity contribution in [2.45, 2.75) is 40.0 Å². The molecule has 0 bridgehead atoms. The maximum atomic E-state index is 11.3. The first kappa shape index (κ1) is 12.2. The normalized spacial score (nSPS) is 11.0. The summed E-state index contributed by atoms with van der Waals surface area (Å²) in [6.45, 7) is 10.2. The highest BCUT2D eigenvalue weighted by Gasteiger charge is 2.26. The molecule has 0 atom stereocenters. The second-order valence-electron chi connectivity index (χ2n) is 3.26. The maximum absolute atomic E-state index is 11.3. The van der Waals surface area contributed by atoms with Crippen molar-refractivity contribution in [2.24, 2.45) is 5.41 Å². The topological polar surface area (TPSA) is 26.3 Å². The smallest absolute Gasteiger partial charge is 0.306 e. The average Bonchev–Trinajstić information content (AvgIpc) is 2.15. The molecule has 0 spiro atoms. The van der Waals surface area contributed by atoms with Crippen LogP contribution in [0.2, 0.25) is 0 Å². The molecular weight excluding hydrogens is 164 g/mol. The van der Waals surface area contributed by atoms with Gasteiger partial charge in [0.1, 0.15) is 0 Å². The summed E-state index contributed by atoms with van der Waals surface area (Å²) in [6, 6.07) is 0. The number of esters is 1. The summed E-state index contributed by atoms with van der Waals surface area (Å²) in [5.41, 5.74) is -0.0632. The molecule has 0 aromatic heterocycles. The fourth-order valence-corrected chi connectivity index (χ4v) is 1.36. The van der Waals surface area contributed by atoms with E-state index in [0.717, 1.165) is 12.8 Å². The Morgan fingerprint density at radius 1 is 1.38 bits per heavy atom. The number of hydrogen-bond donors (Lipinski definition) is 0. The number of allylic oxidation sites excluding steroid dienone is 1. The molecule has 0 heterocycles. The lowest BCUT2D eigenvalue weighted by atomic mass is 9.79. The van der Waals surface area contributed by atoms with E-state index in [1.54, 1.807) is 0 Å². The molecule has 0 aliphatic heterocycles. The monoisotopic (exact) mass is 184 g/mol. The molecule has 0 amide bonds. The summed E-state index contributed by atoms with van der Waals surface area (Å²) in [6.07, 6.45) is 4.21. The zero-order valence-corrected chi connectivity index (χ0v) is 8.93. The van der Waals surface area contributed by atoms with Crippen LogP contribution in [0.4, 0.5) is 0 Å². The van der Waals surface area contributed by atoms with Crippen molar-refractivity contribution in [3.05, 3.63) is 12.7 Å². The Morgan fingerprint density at radius 2 is 1.92 bits per heavy atom. The van der Waals surface area contributed by atoms with Gasteiger partial charge >= 0.3 is 5.97 Å². The molecule has 0 unspecified atom stereocenters. The number of carbonyl (C=O) groups is 1. The predicted octanol–water partition coefficient (Wildman–Crippen LogP) is 2.93. The van der Waals surface area contributed by atoms with Crippen LogP contribution >= 0.6 is 0 Å². The highest BCUT2D eigenvalue weighted by molar-refractivity contribution is 5.70. The molecule has 0 fully saturated rings. The van der Waals surface area contributed by atoms with Crippen molar-refractivity contribution >= 4 is 5.97 Å². The van der Waals surface area contributed by atoms with E-state index in [1.807, 2.05) is 13.0 Å². The SMILES string of the molecule is C=CC(CC)(CC)CC(=O)OCC. The van der Waals surface area contributed by atoms with Crippen LogP contribution in [0, 0.1) is 5.41 Å². The van der Waals surface area contributed by atoms with Crippen molar-refractivity contribution in [3.8, 4) is 0 Å². The third-order valence-corrected chi connectivity index (χ3v) is 2.64. The molecule has 0 N–H and O–H groups in total. The second kappa shape index (κ2) is 5.79. The Morgan fingerprint density at radius 3 is 2.23 bits per heavy atom. The summed E-state index contributed by atoms with van der Waals surface area (Å²) >= 11 is 0. The zero-order valence-electron chi connectivity index (χ0n) is 8.93. The van der Waals surface area contributed by atoms with Gasteiger partial charge in [-0.05, 0) is 25.2 Å². The summed E-state index contributed by atoms with van der Waals surface area (Å²) < 4.78 is 4.92. The second-order valence-corrected chi connectivity index (χ2v) is 3.26. The minimum Gasteiger partial charge on any atom is -0.466 e. The Balaban J connectivity index is 4.24. The van der Waals surface area contributed by atoms with Crippen LogP contribution in [0.5, 0.6) is 0 Å². The van der Waals surface area contributed by atoms with Crippen molar-refractivity contribution in [1.29, 1.82) is 0 Å². The molecule has 0 rings (SSSR count). The summed E-state index contributed by atoms with van der Waals surface area (Å²) in [5.74, 6) is -0.119. The molecule has 13 heavy (non-hydrogen) atoms. The molecular formula is C11H20O2. The van der Waals surface area contributed by atoms with Gasteiger partial charge in [-0.25, -0.2) is 0 Å². The quantitative estimate of drug-likeness (QED) is 0.468. The standard InChI is InChI=1S/C11H20O2/c1-5-11(6-2,7-3)9-10(12)13-8-4/h5H,1,6-9H2,2-4H3. The molecule has 0 aromatic carbocycles. The first-order valence-electron chi connectivity index (χ1n) is 4.93. The summed E-state index contributed by atoms with van der Waals surface area (Å²) in [5, 5.41) is 0. The van der Waals surface area contributed by atoms with E-state index in [4.69, 9.17) is 4.74 Å². The number of ether oxygens (including phenoxy) is 1. The van der Waals surface area contributed by atoms with Gasteiger partial charge in [0.05, 0.1) is 13.0 Å². The Hall–Kier alpha value is -0.790. The minimum atomic E-state index is -0.119. The molecule has 2 nitrogen and oxygen atoms in total. The Kier molecular flexibility index (Phi) is 5.44. The van der Waals surface area contributed by atoms with E-state index < -0.39 is 0 Å². The van der Waals surface area contributed by atoms with Crippen LogP contribution in [0.3, 0.4) is 0 Å². The van der Waals surface area contributed by atoms with Crippen molar-refractivity contribution in [2.75, 3.05) is 6.61 Å². The lowest BCUT2D eigenvalue weighted by Gasteiger charge is -2.26. The fraction of sp³-hybridized carbons (Fsp3) is 0.727.